The minimum atomic E-state index is -4.77. The zero-order valence-corrected chi connectivity index (χ0v) is 28.3. The van der Waals surface area contributed by atoms with Crippen molar-refractivity contribution in [1.29, 1.82) is 0 Å². The molecule has 0 aliphatic carbocycles. The molecule has 2 aliphatic rings. The third-order valence-corrected chi connectivity index (χ3v) is 8.97. The van der Waals surface area contributed by atoms with Crippen LogP contribution < -0.4 is 9.47 Å². The summed E-state index contributed by atoms with van der Waals surface area (Å²) in [5.74, 6) is -0.530. The lowest BCUT2D eigenvalue weighted by atomic mass is 9.81. The molecule has 2 aliphatic heterocycles. The van der Waals surface area contributed by atoms with E-state index in [2.05, 4.69) is 49.6 Å². The minimum absolute atomic E-state index is 0. The summed E-state index contributed by atoms with van der Waals surface area (Å²) in [6, 6.07) is 23.9. The first-order chi connectivity index (χ1) is 22.2. The van der Waals surface area contributed by atoms with Gasteiger partial charge in [-0.2, -0.15) is 17.9 Å². The maximum atomic E-state index is 13.8. The first-order valence-corrected chi connectivity index (χ1v) is 15.1. The Kier molecular flexibility index (Phi) is 12.0. The summed E-state index contributed by atoms with van der Waals surface area (Å²) in [4.78, 5) is 19.2. The fourth-order valence-electron chi connectivity index (χ4n) is 6.96. The highest BCUT2D eigenvalue weighted by Crippen LogP contribution is 2.40. The third-order valence-electron chi connectivity index (χ3n) is 8.97. The van der Waals surface area contributed by atoms with E-state index in [1.54, 1.807) is 13.0 Å². The van der Waals surface area contributed by atoms with Crippen molar-refractivity contribution in [1.82, 2.24) is 34.9 Å². The van der Waals surface area contributed by atoms with Crippen molar-refractivity contribution >= 4 is 30.7 Å². The van der Waals surface area contributed by atoms with Crippen LogP contribution in [0, 0.1) is 0 Å². The second-order valence-electron chi connectivity index (χ2n) is 11.6. The lowest BCUT2D eigenvalue weighted by Crippen LogP contribution is -2.67. The van der Waals surface area contributed by atoms with Crippen LogP contribution in [0.15, 0.2) is 72.8 Å². The molecular formula is C33H38Cl2F3N7O3. The number of carbonyl (C=O) groups excluding carboxylic acids is 1. The number of halogens is 5. The van der Waals surface area contributed by atoms with Gasteiger partial charge < -0.3 is 14.4 Å². The quantitative estimate of drug-likeness (QED) is 0.250. The molecule has 0 N–H and O–H groups in total. The standard InChI is InChI=1S/C33H36F3N7O3.2ClH/c1-22(44)41-16-17-42-25(19-41)18-40(21-28(42)30(23-10-6-4-7-11-23)24-12-8-5-9-13-24)20-26-29(45-2)15-14-27(31(26)46-3)43-32(33(34,35)36)37-38-39-43;;/h4-15,25,28,30H,16-21H2,1-3H3;2*1H. The molecule has 10 nitrogen and oxygen atoms in total. The van der Waals surface area contributed by atoms with E-state index in [1.165, 1.54) is 31.4 Å². The number of nitrogens with zero attached hydrogens (tertiary/aromatic N) is 7. The van der Waals surface area contributed by atoms with Gasteiger partial charge in [-0.15, -0.1) is 29.9 Å². The van der Waals surface area contributed by atoms with Crippen molar-refractivity contribution in [3.05, 3.63) is 95.3 Å². The highest BCUT2D eigenvalue weighted by molar-refractivity contribution is 5.85. The van der Waals surface area contributed by atoms with Gasteiger partial charge in [-0.1, -0.05) is 60.7 Å². The smallest absolute Gasteiger partial charge is 0.453 e. The van der Waals surface area contributed by atoms with Crippen LogP contribution in [0.4, 0.5) is 13.2 Å². The van der Waals surface area contributed by atoms with Crippen LogP contribution in [0.25, 0.3) is 5.69 Å². The summed E-state index contributed by atoms with van der Waals surface area (Å²) in [6.45, 7) is 5.16. The number of ether oxygens (including phenoxy) is 2. The van der Waals surface area contributed by atoms with Gasteiger partial charge in [0.2, 0.25) is 5.91 Å². The molecule has 48 heavy (non-hydrogen) atoms. The normalized spacial score (nSPS) is 18.4. The van der Waals surface area contributed by atoms with E-state index >= 15 is 0 Å². The maximum absolute atomic E-state index is 13.8. The number of amides is 1. The molecule has 2 saturated heterocycles. The summed E-state index contributed by atoms with van der Waals surface area (Å²) in [6.07, 6.45) is -4.77. The van der Waals surface area contributed by atoms with Gasteiger partial charge in [0.1, 0.15) is 11.4 Å². The highest BCUT2D eigenvalue weighted by atomic mass is 35.5. The molecule has 1 amide bonds. The molecule has 0 radical (unpaired) electrons. The van der Waals surface area contributed by atoms with Crippen molar-refractivity contribution in [3.63, 3.8) is 0 Å². The topological polar surface area (TPSA) is 88.8 Å². The van der Waals surface area contributed by atoms with E-state index in [1.807, 2.05) is 41.3 Å². The monoisotopic (exact) mass is 707 g/mol. The zero-order chi connectivity index (χ0) is 32.4. The van der Waals surface area contributed by atoms with Gasteiger partial charge in [0, 0.05) is 64.2 Å². The predicted octanol–water partition coefficient (Wildman–Crippen LogP) is 5.09. The minimum Gasteiger partial charge on any atom is -0.496 e. The Hall–Kier alpha value is -3.91. The molecule has 0 bridgehead atoms. The number of carbonyl (C=O) groups is 1. The lowest BCUT2D eigenvalue weighted by molar-refractivity contribution is -0.146. The first-order valence-electron chi connectivity index (χ1n) is 15.1. The number of alkyl halides is 3. The summed E-state index contributed by atoms with van der Waals surface area (Å²) < 4.78 is 53.5. The summed E-state index contributed by atoms with van der Waals surface area (Å²) in [5.41, 5.74) is 3.00. The number of piperazine rings is 2. The molecule has 0 spiro atoms. The van der Waals surface area contributed by atoms with Crippen molar-refractivity contribution in [3.8, 4) is 17.2 Å². The number of fused-ring (bicyclic) bond motifs is 1. The Balaban J connectivity index is 0.00000260. The maximum Gasteiger partial charge on any atom is 0.453 e. The van der Waals surface area contributed by atoms with Gasteiger partial charge in [0.05, 0.1) is 19.8 Å². The Morgan fingerprint density at radius 1 is 0.896 bits per heavy atom. The van der Waals surface area contributed by atoms with Crippen molar-refractivity contribution in [2.24, 2.45) is 0 Å². The van der Waals surface area contributed by atoms with Gasteiger partial charge >= 0.3 is 6.18 Å². The van der Waals surface area contributed by atoms with Crippen LogP contribution >= 0.6 is 24.8 Å². The number of rotatable bonds is 8. The molecule has 3 heterocycles. The molecule has 2 unspecified atom stereocenters. The Morgan fingerprint density at radius 2 is 1.54 bits per heavy atom. The highest BCUT2D eigenvalue weighted by Gasteiger charge is 2.43. The summed E-state index contributed by atoms with van der Waals surface area (Å²) >= 11 is 0. The summed E-state index contributed by atoms with van der Waals surface area (Å²) in [5, 5.41) is 10.2. The molecule has 6 rings (SSSR count). The van der Waals surface area contributed by atoms with E-state index in [4.69, 9.17) is 9.47 Å². The number of aromatic nitrogens is 4. The van der Waals surface area contributed by atoms with Gasteiger partial charge in [-0.3, -0.25) is 14.6 Å². The van der Waals surface area contributed by atoms with Gasteiger partial charge in [-0.05, 0) is 33.7 Å². The van der Waals surface area contributed by atoms with Crippen molar-refractivity contribution in [2.45, 2.75) is 37.6 Å². The summed E-state index contributed by atoms with van der Waals surface area (Å²) in [7, 11) is 2.93. The number of hydrogen-bond donors (Lipinski definition) is 0. The number of methoxy groups -OCH3 is 2. The number of hydrogen-bond acceptors (Lipinski definition) is 8. The Labute approximate surface area is 289 Å². The van der Waals surface area contributed by atoms with Crippen molar-refractivity contribution in [2.75, 3.05) is 46.9 Å². The SMILES string of the molecule is COc1ccc(-n2nnnc2C(F)(F)F)c(OC)c1CN1CC2CN(C(C)=O)CCN2C(C(c2ccccc2)c2ccccc2)C1.Cl.Cl. The fourth-order valence-corrected chi connectivity index (χ4v) is 6.96. The fraction of sp³-hybridized carbons (Fsp3) is 0.394. The molecule has 258 valence electrons. The second-order valence-corrected chi connectivity index (χ2v) is 11.6. The first kappa shape index (κ1) is 36.9. The van der Waals surface area contributed by atoms with Gasteiger partial charge in [0.25, 0.3) is 5.82 Å². The van der Waals surface area contributed by atoms with Gasteiger partial charge in [-0.25, -0.2) is 0 Å². The van der Waals surface area contributed by atoms with E-state index in [0.717, 1.165) is 6.54 Å². The number of tetrazole rings is 1. The van der Waals surface area contributed by atoms with E-state index < -0.39 is 12.0 Å². The third kappa shape index (κ3) is 7.39. The lowest BCUT2D eigenvalue weighted by Gasteiger charge is -2.53. The molecule has 3 aromatic carbocycles. The molecule has 0 saturated carbocycles. The van der Waals surface area contributed by atoms with Crippen LogP contribution in [0.2, 0.25) is 0 Å². The van der Waals surface area contributed by atoms with Crippen LogP contribution in [0.1, 0.15) is 35.4 Å². The van der Waals surface area contributed by atoms with Crippen molar-refractivity contribution < 1.29 is 27.4 Å². The van der Waals surface area contributed by atoms with Crippen LogP contribution in [0.5, 0.6) is 11.5 Å². The molecule has 4 aromatic rings. The molecule has 2 fully saturated rings. The Bertz CT molecular complexity index is 1620. The van der Waals surface area contributed by atoms with Crippen LogP contribution in [-0.4, -0.2) is 99.8 Å². The van der Waals surface area contributed by atoms with E-state index in [-0.39, 0.29) is 60.2 Å². The van der Waals surface area contributed by atoms with E-state index in [0.29, 0.717) is 48.7 Å². The molecular weight excluding hydrogens is 670 g/mol. The predicted molar refractivity (Wildman–Crippen MR) is 178 cm³/mol. The van der Waals surface area contributed by atoms with Gasteiger partial charge in [0.15, 0.2) is 5.75 Å². The largest absolute Gasteiger partial charge is 0.496 e. The number of benzene rings is 3. The average Bonchev–Trinajstić information content (AvgIpc) is 3.56. The molecule has 2 atom stereocenters. The molecule has 15 heteroatoms. The Morgan fingerprint density at radius 3 is 2.10 bits per heavy atom. The van der Waals surface area contributed by atoms with Crippen LogP contribution in [0.3, 0.4) is 0 Å². The van der Waals surface area contributed by atoms with E-state index in [9.17, 15) is 18.0 Å². The molecule has 1 aromatic heterocycles. The average molecular weight is 709 g/mol. The second kappa shape index (κ2) is 15.5. The van der Waals surface area contributed by atoms with Crippen LogP contribution in [-0.2, 0) is 17.5 Å². The zero-order valence-electron chi connectivity index (χ0n) is 26.7.